The Balaban J connectivity index is 4.32. The number of carbonyl (C=O) groups is 3. The van der Waals surface area contributed by atoms with Crippen LogP contribution in [-0.4, -0.2) is 23.6 Å². The van der Waals surface area contributed by atoms with Crippen molar-refractivity contribution in [3.63, 3.8) is 0 Å². The van der Waals surface area contributed by atoms with Crippen molar-refractivity contribution < 1.29 is 19.1 Å². The van der Waals surface area contributed by atoms with Gasteiger partial charge in [-0.1, -0.05) is 0 Å². The third kappa shape index (κ3) is 5.99. The van der Waals surface area contributed by atoms with Crippen molar-refractivity contribution in [2.45, 2.75) is 46.6 Å². The van der Waals surface area contributed by atoms with E-state index in [0.717, 1.165) is 0 Å². The Morgan fingerprint density at radius 2 is 1.67 bits per heavy atom. The number of ketones is 2. The molecular formula is C11H18O4. The molecule has 0 fully saturated rings. The van der Waals surface area contributed by atoms with Crippen LogP contribution in [0.3, 0.4) is 0 Å². The summed E-state index contributed by atoms with van der Waals surface area (Å²) in [7, 11) is 0. The summed E-state index contributed by atoms with van der Waals surface area (Å²) in [5.74, 6) is -1.60. The summed E-state index contributed by atoms with van der Waals surface area (Å²) >= 11 is 0. The maximum atomic E-state index is 11.5. The first kappa shape index (κ1) is 13.8. The lowest BCUT2D eigenvalue weighted by Gasteiger charge is -2.14. The predicted octanol–water partition coefficient (Wildman–Crippen LogP) is 1.51. The highest BCUT2D eigenvalue weighted by Gasteiger charge is 2.25. The highest BCUT2D eigenvalue weighted by atomic mass is 16.5. The Bertz CT molecular complexity index is 255. The largest absolute Gasteiger partial charge is 0.462 e. The predicted molar refractivity (Wildman–Crippen MR) is 55.3 cm³/mol. The van der Waals surface area contributed by atoms with E-state index in [9.17, 15) is 14.4 Å². The molecule has 86 valence electrons. The molecule has 0 saturated heterocycles. The fourth-order valence-corrected chi connectivity index (χ4v) is 1.15. The van der Waals surface area contributed by atoms with E-state index in [4.69, 9.17) is 4.74 Å². The Kier molecular flexibility index (Phi) is 5.82. The number of Topliss-reactive ketones (excluding diaryl/α,β-unsaturated/α-hetero) is 2. The van der Waals surface area contributed by atoms with Gasteiger partial charge in [0.15, 0.2) is 0 Å². The van der Waals surface area contributed by atoms with E-state index in [1.165, 1.54) is 13.8 Å². The molecule has 0 aromatic heterocycles. The van der Waals surface area contributed by atoms with Crippen LogP contribution in [-0.2, 0) is 19.1 Å². The van der Waals surface area contributed by atoms with E-state index in [-0.39, 0.29) is 30.5 Å². The van der Waals surface area contributed by atoms with E-state index < -0.39 is 11.9 Å². The van der Waals surface area contributed by atoms with Gasteiger partial charge in [-0.15, -0.1) is 0 Å². The normalized spacial score (nSPS) is 12.3. The monoisotopic (exact) mass is 214 g/mol. The van der Waals surface area contributed by atoms with E-state index in [1.54, 1.807) is 13.8 Å². The van der Waals surface area contributed by atoms with Crippen LogP contribution in [0.5, 0.6) is 0 Å². The summed E-state index contributed by atoms with van der Waals surface area (Å²) in [5.41, 5.74) is 0. The van der Waals surface area contributed by atoms with Crippen LogP contribution in [0.4, 0.5) is 0 Å². The minimum atomic E-state index is -0.795. The van der Waals surface area contributed by atoms with Gasteiger partial charge >= 0.3 is 5.97 Å². The van der Waals surface area contributed by atoms with Gasteiger partial charge in [0.2, 0.25) is 0 Å². The highest BCUT2D eigenvalue weighted by Crippen LogP contribution is 2.12. The topological polar surface area (TPSA) is 60.4 Å². The molecule has 0 saturated carbocycles. The molecule has 1 atom stereocenters. The molecular weight excluding hydrogens is 196 g/mol. The minimum absolute atomic E-state index is 0.0291. The quantitative estimate of drug-likeness (QED) is 0.496. The Morgan fingerprint density at radius 1 is 1.13 bits per heavy atom. The van der Waals surface area contributed by atoms with Crippen molar-refractivity contribution >= 4 is 17.5 Å². The zero-order chi connectivity index (χ0) is 12.0. The molecule has 0 aliphatic rings. The first-order valence-electron chi connectivity index (χ1n) is 5.05. The van der Waals surface area contributed by atoms with Gasteiger partial charge < -0.3 is 9.53 Å². The van der Waals surface area contributed by atoms with E-state index >= 15 is 0 Å². The maximum absolute atomic E-state index is 11.5. The lowest BCUT2D eigenvalue weighted by Crippen LogP contribution is -2.27. The van der Waals surface area contributed by atoms with Crippen LogP contribution in [0.1, 0.15) is 40.5 Å². The van der Waals surface area contributed by atoms with Gasteiger partial charge in [0, 0.05) is 6.42 Å². The zero-order valence-corrected chi connectivity index (χ0v) is 9.70. The van der Waals surface area contributed by atoms with E-state index in [0.29, 0.717) is 0 Å². The molecule has 4 nitrogen and oxygen atoms in total. The number of hydrogen-bond donors (Lipinski definition) is 0. The molecule has 1 unspecified atom stereocenters. The average Bonchev–Trinajstić information content (AvgIpc) is 2.01. The van der Waals surface area contributed by atoms with Crippen molar-refractivity contribution in [3.8, 4) is 0 Å². The Labute approximate surface area is 90.0 Å². The molecule has 0 aromatic rings. The lowest BCUT2D eigenvalue weighted by atomic mass is 9.98. The molecule has 0 bridgehead atoms. The van der Waals surface area contributed by atoms with Crippen molar-refractivity contribution in [3.05, 3.63) is 0 Å². The van der Waals surface area contributed by atoms with Crippen LogP contribution < -0.4 is 0 Å². The first-order valence-corrected chi connectivity index (χ1v) is 5.05. The summed E-state index contributed by atoms with van der Waals surface area (Å²) in [4.78, 5) is 33.4. The van der Waals surface area contributed by atoms with Crippen LogP contribution in [0, 0.1) is 5.92 Å². The van der Waals surface area contributed by atoms with Crippen molar-refractivity contribution in [2.75, 3.05) is 0 Å². The molecule has 15 heavy (non-hydrogen) atoms. The Morgan fingerprint density at radius 3 is 2.00 bits per heavy atom. The van der Waals surface area contributed by atoms with Gasteiger partial charge in [-0.3, -0.25) is 9.59 Å². The third-order valence-electron chi connectivity index (χ3n) is 1.91. The van der Waals surface area contributed by atoms with Crippen LogP contribution in [0.15, 0.2) is 0 Å². The van der Waals surface area contributed by atoms with Crippen LogP contribution in [0.2, 0.25) is 0 Å². The molecule has 0 amide bonds. The van der Waals surface area contributed by atoms with E-state index in [1.807, 2.05) is 0 Å². The highest BCUT2D eigenvalue weighted by molar-refractivity contribution is 5.98. The SMILES string of the molecule is CC(=O)CCC(C(C)=O)C(=O)OC(C)C. The summed E-state index contributed by atoms with van der Waals surface area (Å²) in [6, 6.07) is 0. The molecule has 0 spiro atoms. The molecule has 0 aromatic carbocycles. The van der Waals surface area contributed by atoms with Crippen molar-refractivity contribution in [1.82, 2.24) is 0 Å². The van der Waals surface area contributed by atoms with Crippen LogP contribution >= 0.6 is 0 Å². The van der Waals surface area contributed by atoms with Crippen LogP contribution in [0.25, 0.3) is 0 Å². The number of esters is 1. The van der Waals surface area contributed by atoms with Gasteiger partial charge in [-0.05, 0) is 34.1 Å². The second-order valence-electron chi connectivity index (χ2n) is 3.89. The van der Waals surface area contributed by atoms with Gasteiger partial charge in [-0.25, -0.2) is 0 Å². The fraction of sp³-hybridized carbons (Fsp3) is 0.727. The van der Waals surface area contributed by atoms with E-state index in [2.05, 4.69) is 0 Å². The number of carbonyl (C=O) groups excluding carboxylic acids is 3. The van der Waals surface area contributed by atoms with Gasteiger partial charge in [0.05, 0.1) is 6.10 Å². The van der Waals surface area contributed by atoms with Gasteiger partial charge in [-0.2, -0.15) is 0 Å². The summed E-state index contributed by atoms with van der Waals surface area (Å²) < 4.78 is 4.93. The lowest BCUT2D eigenvalue weighted by molar-refractivity contribution is -0.155. The zero-order valence-electron chi connectivity index (χ0n) is 9.70. The molecule has 0 radical (unpaired) electrons. The average molecular weight is 214 g/mol. The molecule has 0 rings (SSSR count). The minimum Gasteiger partial charge on any atom is -0.462 e. The smallest absolute Gasteiger partial charge is 0.316 e. The maximum Gasteiger partial charge on any atom is 0.316 e. The molecule has 0 N–H and O–H groups in total. The van der Waals surface area contributed by atoms with Gasteiger partial charge in [0.1, 0.15) is 17.5 Å². The molecule has 0 aliphatic heterocycles. The molecule has 4 heteroatoms. The first-order chi connectivity index (χ1) is 6.84. The Hall–Kier alpha value is -1.19. The second kappa shape index (κ2) is 6.32. The van der Waals surface area contributed by atoms with Gasteiger partial charge in [0.25, 0.3) is 0 Å². The summed E-state index contributed by atoms with van der Waals surface area (Å²) in [6.07, 6.45) is 0.241. The molecule has 0 aliphatic carbocycles. The number of hydrogen-bond acceptors (Lipinski definition) is 4. The molecule has 0 heterocycles. The second-order valence-corrected chi connectivity index (χ2v) is 3.89. The number of rotatable bonds is 6. The summed E-state index contributed by atoms with van der Waals surface area (Å²) in [6.45, 7) is 6.22. The van der Waals surface area contributed by atoms with Crippen molar-refractivity contribution in [2.24, 2.45) is 5.92 Å². The van der Waals surface area contributed by atoms with Crippen molar-refractivity contribution in [1.29, 1.82) is 0 Å². The third-order valence-corrected chi connectivity index (χ3v) is 1.91. The fourth-order valence-electron chi connectivity index (χ4n) is 1.15. The standard InChI is InChI=1S/C11H18O4/c1-7(2)15-11(14)10(9(4)13)6-5-8(3)12/h7,10H,5-6H2,1-4H3. The summed E-state index contributed by atoms with van der Waals surface area (Å²) in [5, 5.41) is 0. The number of ether oxygens (including phenoxy) is 1.